The number of hydrogen-bond donors (Lipinski definition) is 0. The molecule has 1 rings (SSSR count). The molecule has 48 valence electrons. The fraction of sp³-hybridized carbons (Fsp3) is 0.667. The van der Waals surface area contributed by atoms with E-state index in [4.69, 9.17) is 4.43 Å². The second kappa shape index (κ2) is 6.28. The number of rotatable bonds is 1. The van der Waals surface area contributed by atoms with Crippen molar-refractivity contribution in [3.8, 4) is 0 Å². The first kappa shape index (κ1) is 10.6. The van der Waals surface area contributed by atoms with E-state index in [1.54, 1.807) is 0 Å². The molecule has 1 aliphatic rings. The summed E-state index contributed by atoms with van der Waals surface area (Å²) in [5, 5.41) is 0. The maximum absolute atomic E-state index is 5.45. The Bertz CT molecular complexity index is 81.1. The second-order valence-corrected chi connectivity index (χ2v) is 4.60. The van der Waals surface area contributed by atoms with Gasteiger partial charge in [0.1, 0.15) is 0 Å². The van der Waals surface area contributed by atoms with Gasteiger partial charge >= 0.3 is 51.4 Å². The third kappa shape index (κ3) is 4.08. The minimum absolute atomic E-state index is 0. The van der Waals surface area contributed by atoms with Gasteiger partial charge in [-0.05, 0) is 12.5 Å². The van der Waals surface area contributed by atoms with E-state index in [0.29, 0.717) is 0 Å². The summed E-state index contributed by atoms with van der Waals surface area (Å²) in [6.07, 6.45) is 2.63. The SMILES string of the molecule is C=C[SiH]1CCCCO1.[KH]. The summed E-state index contributed by atoms with van der Waals surface area (Å²) in [6, 6.07) is 1.31. The van der Waals surface area contributed by atoms with Crippen molar-refractivity contribution in [2.75, 3.05) is 6.61 Å². The van der Waals surface area contributed by atoms with Crippen LogP contribution in [-0.2, 0) is 4.43 Å². The maximum atomic E-state index is 5.45. The van der Waals surface area contributed by atoms with Crippen LogP contribution in [0.15, 0.2) is 12.3 Å². The Hall–Kier alpha value is 1.55. The summed E-state index contributed by atoms with van der Waals surface area (Å²) in [5.41, 5.74) is 2.03. The Labute approximate surface area is 101 Å². The van der Waals surface area contributed by atoms with Crippen molar-refractivity contribution in [2.45, 2.75) is 18.9 Å². The van der Waals surface area contributed by atoms with Crippen molar-refractivity contribution < 1.29 is 4.43 Å². The molecule has 0 saturated carbocycles. The molecule has 0 aliphatic carbocycles. The summed E-state index contributed by atoms with van der Waals surface area (Å²) in [7, 11) is -0.841. The van der Waals surface area contributed by atoms with Crippen molar-refractivity contribution in [1.29, 1.82) is 0 Å². The molecule has 9 heavy (non-hydrogen) atoms. The fourth-order valence-corrected chi connectivity index (χ4v) is 2.65. The topological polar surface area (TPSA) is 9.23 Å². The van der Waals surface area contributed by atoms with Gasteiger partial charge in [-0.15, -0.1) is 6.58 Å². The summed E-state index contributed by atoms with van der Waals surface area (Å²) in [5.74, 6) is 0. The van der Waals surface area contributed by atoms with Gasteiger partial charge in [-0.3, -0.25) is 0 Å². The van der Waals surface area contributed by atoms with Crippen molar-refractivity contribution in [2.24, 2.45) is 0 Å². The molecule has 0 amide bonds. The molecule has 1 fully saturated rings. The van der Waals surface area contributed by atoms with Crippen LogP contribution < -0.4 is 0 Å². The predicted octanol–water partition coefficient (Wildman–Crippen LogP) is 0.597. The van der Waals surface area contributed by atoms with Gasteiger partial charge in [0.15, 0.2) is 0 Å². The fourth-order valence-electron chi connectivity index (χ4n) is 0.952. The first-order valence-corrected chi connectivity index (χ1v) is 5.13. The quantitative estimate of drug-likeness (QED) is 0.521. The van der Waals surface area contributed by atoms with Crippen LogP contribution in [-0.4, -0.2) is 67.0 Å². The van der Waals surface area contributed by atoms with Crippen LogP contribution in [0.5, 0.6) is 0 Å². The van der Waals surface area contributed by atoms with Crippen molar-refractivity contribution >= 4 is 60.4 Å². The van der Waals surface area contributed by atoms with Crippen LogP contribution in [0, 0.1) is 0 Å². The van der Waals surface area contributed by atoms with Gasteiger partial charge in [-0.1, -0.05) is 12.1 Å². The Morgan fingerprint density at radius 1 is 1.44 bits per heavy atom. The normalized spacial score (nSPS) is 26.4. The molecule has 0 aromatic heterocycles. The Morgan fingerprint density at radius 3 is 2.56 bits per heavy atom. The molecule has 1 aliphatic heterocycles. The van der Waals surface area contributed by atoms with Crippen LogP contribution in [0.25, 0.3) is 0 Å². The van der Waals surface area contributed by atoms with E-state index in [0.717, 1.165) is 6.61 Å². The minimum atomic E-state index is -0.841. The third-order valence-corrected chi connectivity index (χ3v) is 3.64. The Kier molecular flexibility index (Phi) is 7.36. The van der Waals surface area contributed by atoms with Gasteiger partial charge in [0.25, 0.3) is 0 Å². The summed E-state index contributed by atoms with van der Waals surface area (Å²) in [6.45, 7) is 4.71. The molecule has 0 spiro atoms. The molecule has 0 N–H and O–H groups in total. The Morgan fingerprint density at radius 2 is 2.22 bits per heavy atom. The zero-order valence-electron chi connectivity index (χ0n) is 5.10. The summed E-state index contributed by atoms with van der Waals surface area (Å²) < 4.78 is 5.45. The summed E-state index contributed by atoms with van der Waals surface area (Å²) in [4.78, 5) is 0. The molecule has 0 bridgehead atoms. The van der Waals surface area contributed by atoms with Crippen LogP contribution >= 0.6 is 0 Å². The Balaban J connectivity index is 0.000000640. The predicted molar refractivity (Wildman–Crippen MR) is 44.5 cm³/mol. The van der Waals surface area contributed by atoms with E-state index in [1.165, 1.54) is 18.9 Å². The average molecular weight is 168 g/mol. The molecular weight excluding hydrogens is 155 g/mol. The van der Waals surface area contributed by atoms with Crippen LogP contribution in [0.3, 0.4) is 0 Å². The molecule has 1 unspecified atom stereocenters. The van der Waals surface area contributed by atoms with E-state index in [9.17, 15) is 0 Å². The monoisotopic (exact) mass is 168 g/mol. The van der Waals surface area contributed by atoms with Crippen LogP contribution in [0.4, 0.5) is 0 Å². The zero-order chi connectivity index (χ0) is 5.82. The van der Waals surface area contributed by atoms with Gasteiger partial charge in [0.2, 0.25) is 9.04 Å². The molecule has 0 aromatic rings. The first-order chi connectivity index (χ1) is 3.93. The van der Waals surface area contributed by atoms with Crippen LogP contribution in [0.1, 0.15) is 12.8 Å². The molecule has 0 aromatic carbocycles. The molecule has 0 radical (unpaired) electrons. The molecule has 1 atom stereocenters. The number of hydrogen-bond acceptors (Lipinski definition) is 1. The van der Waals surface area contributed by atoms with Crippen molar-refractivity contribution in [1.82, 2.24) is 0 Å². The molecular formula is C6H13KOSi. The van der Waals surface area contributed by atoms with Crippen LogP contribution in [0.2, 0.25) is 6.04 Å². The van der Waals surface area contributed by atoms with Gasteiger partial charge in [-0.2, -0.15) is 0 Å². The average Bonchev–Trinajstić information content (AvgIpc) is 1.90. The van der Waals surface area contributed by atoms with E-state index < -0.39 is 9.04 Å². The van der Waals surface area contributed by atoms with E-state index in [2.05, 4.69) is 6.58 Å². The van der Waals surface area contributed by atoms with Gasteiger partial charge in [0, 0.05) is 6.61 Å². The molecule has 1 saturated heterocycles. The van der Waals surface area contributed by atoms with E-state index >= 15 is 0 Å². The molecule has 1 heterocycles. The first-order valence-electron chi connectivity index (χ1n) is 3.17. The van der Waals surface area contributed by atoms with Gasteiger partial charge < -0.3 is 4.43 Å². The zero-order valence-corrected chi connectivity index (χ0v) is 6.25. The second-order valence-electron chi connectivity index (χ2n) is 2.14. The third-order valence-electron chi connectivity index (χ3n) is 1.48. The standard InChI is InChI=1S/C6H12OSi.K.H/c1-2-8-6-4-3-5-7-8;;/h2,8H,1,3-6H2;;. The molecule has 1 nitrogen and oxygen atoms in total. The summed E-state index contributed by atoms with van der Waals surface area (Å²) >= 11 is 0. The van der Waals surface area contributed by atoms with Gasteiger partial charge in [0.05, 0.1) is 0 Å². The van der Waals surface area contributed by atoms with Gasteiger partial charge in [-0.25, -0.2) is 0 Å². The molecule has 3 heteroatoms. The van der Waals surface area contributed by atoms with Crippen molar-refractivity contribution in [3.63, 3.8) is 0 Å². The van der Waals surface area contributed by atoms with E-state index in [-0.39, 0.29) is 51.4 Å². The van der Waals surface area contributed by atoms with E-state index in [1.807, 2.05) is 5.70 Å². The van der Waals surface area contributed by atoms with Crippen molar-refractivity contribution in [3.05, 3.63) is 12.3 Å².